The second-order valence-electron chi connectivity index (χ2n) is 4.98. The van der Waals surface area contributed by atoms with Crippen LogP contribution >= 0.6 is 43.2 Å². The quantitative estimate of drug-likeness (QED) is 0.644. The molecule has 0 fully saturated rings. The largest absolute Gasteiger partial charge is 0.378 e. The van der Waals surface area contributed by atoms with Crippen molar-refractivity contribution in [3.05, 3.63) is 48.5 Å². The van der Waals surface area contributed by atoms with Gasteiger partial charge in [0.2, 0.25) is 0 Å². The highest BCUT2D eigenvalue weighted by Gasteiger charge is 2.22. The van der Waals surface area contributed by atoms with E-state index in [0.717, 1.165) is 0 Å². The zero-order chi connectivity index (χ0) is 13.4. The molecule has 1 atom stereocenters. The molecular formula is C15H15Br2NS. The fourth-order valence-corrected chi connectivity index (χ4v) is 4.75. The highest BCUT2D eigenvalue weighted by molar-refractivity contribution is 9.11. The highest BCUT2D eigenvalue weighted by Crippen LogP contribution is 2.39. The van der Waals surface area contributed by atoms with Crippen LogP contribution in [0, 0.1) is 6.92 Å². The molecule has 19 heavy (non-hydrogen) atoms. The van der Waals surface area contributed by atoms with E-state index in [1.165, 1.54) is 49.2 Å². The monoisotopic (exact) mass is 399 g/mol. The molecule has 4 heteroatoms. The number of nitrogens with one attached hydrogen (secondary N) is 1. The van der Waals surface area contributed by atoms with Crippen molar-refractivity contribution in [3.63, 3.8) is 0 Å². The predicted octanol–water partition coefficient (Wildman–Crippen LogP) is 6.07. The minimum absolute atomic E-state index is 0.445. The molecule has 0 aliphatic heterocycles. The van der Waals surface area contributed by atoms with Crippen LogP contribution in [0.25, 0.3) is 0 Å². The van der Waals surface area contributed by atoms with Crippen LogP contribution in [0.2, 0.25) is 0 Å². The number of fused-ring (bicyclic) bond motifs is 1. The molecule has 1 aromatic carbocycles. The Kier molecular flexibility index (Phi) is 4.01. The summed E-state index contributed by atoms with van der Waals surface area (Å²) in [6.07, 6.45) is 3.70. The van der Waals surface area contributed by atoms with Crippen LogP contribution in [0.4, 0.5) is 5.69 Å². The van der Waals surface area contributed by atoms with E-state index in [4.69, 9.17) is 0 Å². The molecule has 1 aliphatic rings. The van der Waals surface area contributed by atoms with E-state index < -0.39 is 0 Å². The third-order valence-corrected chi connectivity index (χ3v) is 6.16. The standard InChI is InChI=1S/C15H15Br2NS/c1-9-5-6-10(7-12(9)16)18-13-3-2-4-14-11(13)8-15(17)19-14/h5-8,13,18H,2-4H2,1H3. The predicted molar refractivity (Wildman–Crippen MR) is 90.2 cm³/mol. The van der Waals surface area contributed by atoms with Crippen molar-refractivity contribution < 1.29 is 0 Å². The molecule has 1 aromatic heterocycles. The Bertz CT molecular complexity index is 606. The number of aryl methyl sites for hydroxylation is 2. The molecule has 1 N–H and O–H groups in total. The van der Waals surface area contributed by atoms with Gasteiger partial charge < -0.3 is 5.32 Å². The second-order valence-corrected chi connectivity index (χ2v) is 8.35. The molecule has 0 radical (unpaired) electrons. The number of halogens is 2. The summed E-state index contributed by atoms with van der Waals surface area (Å²) >= 11 is 9.09. The summed E-state index contributed by atoms with van der Waals surface area (Å²) in [5.74, 6) is 0. The molecule has 1 aliphatic carbocycles. The van der Waals surface area contributed by atoms with Gasteiger partial charge in [0.05, 0.1) is 9.83 Å². The molecular weight excluding hydrogens is 386 g/mol. The lowest BCUT2D eigenvalue weighted by Crippen LogP contribution is -2.15. The first-order chi connectivity index (χ1) is 9.13. The van der Waals surface area contributed by atoms with Gasteiger partial charge in [-0.2, -0.15) is 0 Å². The zero-order valence-corrected chi connectivity index (χ0v) is 14.7. The van der Waals surface area contributed by atoms with Gasteiger partial charge in [-0.25, -0.2) is 0 Å². The van der Waals surface area contributed by atoms with Gasteiger partial charge in [0.25, 0.3) is 0 Å². The van der Waals surface area contributed by atoms with E-state index in [0.29, 0.717) is 6.04 Å². The first-order valence-electron chi connectivity index (χ1n) is 6.44. The van der Waals surface area contributed by atoms with E-state index in [1.807, 2.05) is 11.3 Å². The second kappa shape index (κ2) is 5.58. The Morgan fingerprint density at radius 3 is 2.89 bits per heavy atom. The van der Waals surface area contributed by atoms with Crippen molar-refractivity contribution in [1.29, 1.82) is 0 Å². The Balaban J connectivity index is 1.86. The average molecular weight is 401 g/mol. The molecule has 0 bridgehead atoms. The minimum Gasteiger partial charge on any atom is -0.378 e. The van der Waals surface area contributed by atoms with Gasteiger partial charge in [0.15, 0.2) is 0 Å². The van der Waals surface area contributed by atoms with Crippen molar-refractivity contribution >= 4 is 48.9 Å². The fraction of sp³-hybridized carbons (Fsp3) is 0.333. The summed E-state index contributed by atoms with van der Waals surface area (Å²) in [7, 11) is 0. The maximum Gasteiger partial charge on any atom is 0.0705 e. The van der Waals surface area contributed by atoms with Crippen LogP contribution in [-0.4, -0.2) is 0 Å². The Morgan fingerprint density at radius 2 is 2.11 bits per heavy atom. The normalized spacial score (nSPS) is 18.2. The number of hydrogen-bond donors (Lipinski definition) is 1. The van der Waals surface area contributed by atoms with Crippen molar-refractivity contribution in [1.82, 2.24) is 0 Å². The van der Waals surface area contributed by atoms with E-state index in [-0.39, 0.29) is 0 Å². The first-order valence-corrected chi connectivity index (χ1v) is 8.84. The van der Waals surface area contributed by atoms with Crippen LogP contribution in [0.15, 0.2) is 32.5 Å². The van der Waals surface area contributed by atoms with Crippen LogP contribution in [0.3, 0.4) is 0 Å². The van der Waals surface area contributed by atoms with Crippen molar-refractivity contribution in [3.8, 4) is 0 Å². The van der Waals surface area contributed by atoms with E-state index in [2.05, 4.69) is 68.4 Å². The lowest BCUT2D eigenvalue weighted by atomic mass is 9.94. The number of rotatable bonds is 2. The van der Waals surface area contributed by atoms with Crippen molar-refractivity contribution in [2.24, 2.45) is 0 Å². The smallest absolute Gasteiger partial charge is 0.0705 e. The number of thiophene rings is 1. The molecule has 0 spiro atoms. The number of anilines is 1. The molecule has 0 amide bonds. The fourth-order valence-electron chi connectivity index (χ4n) is 2.56. The Morgan fingerprint density at radius 1 is 1.26 bits per heavy atom. The van der Waals surface area contributed by atoms with Gasteiger partial charge in [0.1, 0.15) is 0 Å². The van der Waals surface area contributed by atoms with E-state index in [9.17, 15) is 0 Å². The van der Waals surface area contributed by atoms with Gasteiger partial charge in [-0.3, -0.25) is 0 Å². The molecule has 3 rings (SSSR count). The third-order valence-electron chi connectivity index (χ3n) is 3.60. The lowest BCUT2D eigenvalue weighted by molar-refractivity contribution is 0.609. The van der Waals surface area contributed by atoms with Gasteiger partial charge in [-0.05, 0) is 71.4 Å². The summed E-state index contributed by atoms with van der Waals surface area (Å²) in [6.45, 7) is 2.11. The maximum absolute atomic E-state index is 3.67. The van der Waals surface area contributed by atoms with Crippen LogP contribution < -0.4 is 5.32 Å². The first kappa shape index (κ1) is 13.7. The molecule has 0 saturated carbocycles. The Hall–Kier alpha value is -0.320. The molecule has 100 valence electrons. The third kappa shape index (κ3) is 2.91. The zero-order valence-electron chi connectivity index (χ0n) is 10.7. The topological polar surface area (TPSA) is 12.0 Å². The Labute approximate surface area is 134 Å². The van der Waals surface area contributed by atoms with Gasteiger partial charge in [-0.1, -0.05) is 22.0 Å². The van der Waals surface area contributed by atoms with Crippen LogP contribution in [-0.2, 0) is 6.42 Å². The molecule has 1 heterocycles. The van der Waals surface area contributed by atoms with E-state index in [1.54, 1.807) is 0 Å². The maximum atomic E-state index is 3.67. The van der Waals surface area contributed by atoms with Gasteiger partial charge in [0, 0.05) is 15.0 Å². The molecule has 0 saturated heterocycles. The average Bonchev–Trinajstić information content (AvgIpc) is 2.75. The summed E-state index contributed by atoms with van der Waals surface area (Å²) in [5.41, 5.74) is 3.94. The van der Waals surface area contributed by atoms with Crippen LogP contribution in [0.1, 0.15) is 34.9 Å². The number of benzene rings is 1. The minimum atomic E-state index is 0.445. The van der Waals surface area contributed by atoms with Gasteiger partial charge >= 0.3 is 0 Å². The number of hydrogen-bond acceptors (Lipinski definition) is 2. The van der Waals surface area contributed by atoms with E-state index >= 15 is 0 Å². The molecule has 2 aromatic rings. The lowest BCUT2D eigenvalue weighted by Gasteiger charge is -2.25. The summed E-state index contributed by atoms with van der Waals surface area (Å²) in [6, 6.07) is 9.21. The summed E-state index contributed by atoms with van der Waals surface area (Å²) in [5, 5.41) is 3.67. The molecule has 1 unspecified atom stereocenters. The SMILES string of the molecule is Cc1ccc(NC2CCCc3sc(Br)cc32)cc1Br. The summed E-state index contributed by atoms with van der Waals surface area (Å²) in [4.78, 5) is 1.53. The van der Waals surface area contributed by atoms with Gasteiger partial charge in [-0.15, -0.1) is 11.3 Å². The van der Waals surface area contributed by atoms with Crippen molar-refractivity contribution in [2.45, 2.75) is 32.2 Å². The highest BCUT2D eigenvalue weighted by atomic mass is 79.9. The summed E-state index contributed by atoms with van der Waals surface area (Å²) < 4.78 is 2.41. The van der Waals surface area contributed by atoms with Crippen LogP contribution in [0.5, 0.6) is 0 Å². The molecule has 1 nitrogen and oxygen atoms in total. The van der Waals surface area contributed by atoms with Crippen molar-refractivity contribution in [2.75, 3.05) is 5.32 Å².